The molecule has 146 valence electrons. The maximum atomic E-state index is 13.3. The van der Waals surface area contributed by atoms with Crippen LogP contribution in [0.5, 0.6) is 0 Å². The Morgan fingerprint density at radius 1 is 1.41 bits per heavy atom. The maximum absolute atomic E-state index is 13.3. The summed E-state index contributed by atoms with van der Waals surface area (Å²) in [5, 5.41) is 12.2. The molecular formula is C19H25FN4O2S. The van der Waals surface area contributed by atoms with Crippen molar-refractivity contribution in [2.24, 2.45) is 0 Å². The maximum Gasteiger partial charge on any atom is 0.230 e. The summed E-state index contributed by atoms with van der Waals surface area (Å²) in [6.45, 7) is 5.40. The van der Waals surface area contributed by atoms with Crippen molar-refractivity contribution in [1.82, 2.24) is 20.1 Å². The largest absolute Gasteiger partial charge is 0.376 e. The quantitative estimate of drug-likeness (QED) is 0.699. The second-order valence-corrected chi connectivity index (χ2v) is 7.67. The SMILES string of the molecule is CCC(C)NC(=O)CSc1nnc(-c2ccc(F)cc2)n1CC1CCCO1. The summed E-state index contributed by atoms with van der Waals surface area (Å²) in [5.74, 6) is 0.622. The van der Waals surface area contributed by atoms with Crippen LogP contribution in [0.4, 0.5) is 4.39 Å². The minimum absolute atomic E-state index is 0.0238. The van der Waals surface area contributed by atoms with Gasteiger partial charge in [-0.1, -0.05) is 18.7 Å². The second kappa shape index (κ2) is 9.32. The molecule has 0 saturated carbocycles. The van der Waals surface area contributed by atoms with Gasteiger partial charge in [0.25, 0.3) is 0 Å². The summed E-state index contributed by atoms with van der Waals surface area (Å²) in [6.07, 6.45) is 3.02. The first-order chi connectivity index (χ1) is 13.1. The predicted molar refractivity (Wildman–Crippen MR) is 103 cm³/mol. The van der Waals surface area contributed by atoms with Gasteiger partial charge in [-0.3, -0.25) is 9.36 Å². The van der Waals surface area contributed by atoms with Crippen molar-refractivity contribution in [1.29, 1.82) is 0 Å². The molecule has 0 bridgehead atoms. The van der Waals surface area contributed by atoms with Crippen molar-refractivity contribution in [2.75, 3.05) is 12.4 Å². The van der Waals surface area contributed by atoms with E-state index in [-0.39, 0.29) is 29.6 Å². The molecule has 2 atom stereocenters. The van der Waals surface area contributed by atoms with Crippen molar-refractivity contribution in [3.63, 3.8) is 0 Å². The number of carbonyl (C=O) groups is 1. The molecule has 0 radical (unpaired) electrons. The summed E-state index contributed by atoms with van der Waals surface area (Å²) < 4.78 is 21.0. The molecule has 2 heterocycles. The predicted octanol–water partition coefficient (Wildman–Crippen LogP) is 3.27. The Bertz CT molecular complexity index is 760. The number of halogens is 1. The van der Waals surface area contributed by atoms with Gasteiger partial charge in [-0.15, -0.1) is 10.2 Å². The summed E-state index contributed by atoms with van der Waals surface area (Å²) >= 11 is 1.36. The third-order valence-corrected chi connectivity index (χ3v) is 5.55. The summed E-state index contributed by atoms with van der Waals surface area (Å²) in [4.78, 5) is 12.1. The molecule has 1 N–H and O–H groups in total. The van der Waals surface area contributed by atoms with Crippen molar-refractivity contribution in [3.8, 4) is 11.4 Å². The second-order valence-electron chi connectivity index (χ2n) is 6.72. The van der Waals surface area contributed by atoms with Crippen molar-refractivity contribution in [3.05, 3.63) is 30.1 Å². The van der Waals surface area contributed by atoms with E-state index in [2.05, 4.69) is 15.5 Å². The van der Waals surface area contributed by atoms with E-state index in [9.17, 15) is 9.18 Å². The van der Waals surface area contributed by atoms with E-state index in [0.29, 0.717) is 17.5 Å². The van der Waals surface area contributed by atoms with Gasteiger partial charge < -0.3 is 10.1 Å². The van der Waals surface area contributed by atoms with Crippen LogP contribution in [0.15, 0.2) is 29.4 Å². The van der Waals surface area contributed by atoms with Crippen LogP contribution in [-0.4, -0.2) is 45.2 Å². The Labute approximate surface area is 162 Å². The molecule has 0 aliphatic carbocycles. The molecular weight excluding hydrogens is 367 g/mol. The zero-order valence-electron chi connectivity index (χ0n) is 15.7. The first-order valence-electron chi connectivity index (χ1n) is 9.29. The summed E-state index contributed by atoms with van der Waals surface area (Å²) in [5.41, 5.74) is 0.790. The number of rotatable bonds is 8. The first-order valence-corrected chi connectivity index (χ1v) is 10.3. The van der Waals surface area contributed by atoms with Crippen molar-refractivity contribution >= 4 is 17.7 Å². The highest BCUT2D eigenvalue weighted by atomic mass is 32.2. The fourth-order valence-electron chi connectivity index (χ4n) is 2.91. The molecule has 1 aliphatic heterocycles. The third-order valence-electron chi connectivity index (χ3n) is 4.58. The van der Waals surface area contributed by atoms with Crippen LogP contribution in [0.1, 0.15) is 33.1 Å². The average molecular weight is 393 g/mol. The lowest BCUT2D eigenvalue weighted by molar-refractivity contribution is -0.119. The summed E-state index contributed by atoms with van der Waals surface area (Å²) in [6, 6.07) is 6.35. The van der Waals surface area contributed by atoms with E-state index < -0.39 is 0 Å². The molecule has 1 aromatic carbocycles. The molecule has 8 heteroatoms. The normalized spacial score (nSPS) is 17.8. The zero-order chi connectivity index (χ0) is 19.2. The average Bonchev–Trinajstić information content (AvgIpc) is 3.31. The zero-order valence-corrected chi connectivity index (χ0v) is 16.5. The lowest BCUT2D eigenvalue weighted by Crippen LogP contribution is -2.33. The van der Waals surface area contributed by atoms with Gasteiger partial charge in [0.1, 0.15) is 5.82 Å². The van der Waals surface area contributed by atoms with Gasteiger partial charge in [0, 0.05) is 18.2 Å². The molecule has 1 amide bonds. The number of nitrogens with zero attached hydrogens (tertiary/aromatic N) is 3. The minimum Gasteiger partial charge on any atom is -0.376 e. The van der Waals surface area contributed by atoms with E-state index in [0.717, 1.165) is 31.4 Å². The lowest BCUT2D eigenvalue weighted by Gasteiger charge is -2.15. The number of hydrogen-bond donors (Lipinski definition) is 1. The number of aromatic nitrogens is 3. The fraction of sp³-hybridized carbons (Fsp3) is 0.526. The Hall–Kier alpha value is -1.93. The van der Waals surface area contributed by atoms with E-state index >= 15 is 0 Å². The Morgan fingerprint density at radius 3 is 2.85 bits per heavy atom. The Morgan fingerprint density at radius 2 is 2.19 bits per heavy atom. The van der Waals surface area contributed by atoms with Crippen LogP contribution < -0.4 is 5.32 Å². The topological polar surface area (TPSA) is 69.0 Å². The van der Waals surface area contributed by atoms with Crippen LogP contribution in [-0.2, 0) is 16.1 Å². The lowest BCUT2D eigenvalue weighted by atomic mass is 10.2. The minimum atomic E-state index is -0.291. The van der Waals surface area contributed by atoms with E-state index in [4.69, 9.17) is 4.74 Å². The van der Waals surface area contributed by atoms with E-state index in [1.165, 1.54) is 23.9 Å². The van der Waals surface area contributed by atoms with Gasteiger partial charge in [0.2, 0.25) is 5.91 Å². The molecule has 27 heavy (non-hydrogen) atoms. The standard InChI is InChI=1S/C19H25FN4O2S/c1-3-13(2)21-17(25)12-27-19-23-22-18(14-6-8-15(20)9-7-14)24(19)11-16-5-4-10-26-16/h6-9,13,16H,3-5,10-12H2,1-2H3,(H,21,25). The van der Waals surface area contributed by atoms with Crippen molar-refractivity contribution < 1.29 is 13.9 Å². The molecule has 1 fully saturated rings. The van der Waals surface area contributed by atoms with Crippen molar-refractivity contribution in [2.45, 2.75) is 57.0 Å². The summed E-state index contributed by atoms with van der Waals surface area (Å²) in [7, 11) is 0. The van der Waals surface area contributed by atoms with Gasteiger partial charge in [-0.25, -0.2) is 4.39 Å². The van der Waals surface area contributed by atoms with Gasteiger partial charge in [0.15, 0.2) is 11.0 Å². The third kappa shape index (κ3) is 5.29. The Kier molecular flexibility index (Phi) is 6.84. The molecule has 2 aromatic rings. The molecule has 1 aromatic heterocycles. The van der Waals surface area contributed by atoms with Crippen LogP contribution in [0.2, 0.25) is 0 Å². The first kappa shape index (κ1) is 19.8. The Balaban J connectivity index is 1.78. The molecule has 1 aliphatic rings. The number of benzene rings is 1. The number of thioether (sulfide) groups is 1. The van der Waals surface area contributed by atoms with E-state index in [1.807, 2.05) is 18.4 Å². The molecule has 2 unspecified atom stereocenters. The monoisotopic (exact) mass is 392 g/mol. The molecule has 1 saturated heterocycles. The number of carbonyl (C=O) groups excluding carboxylic acids is 1. The highest BCUT2D eigenvalue weighted by Crippen LogP contribution is 2.26. The molecule has 6 nitrogen and oxygen atoms in total. The van der Waals surface area contributed by atoms with Crippen LogP contribution >= 0.6 is 11.8 Å². The van der Waals surface area contributed by atoms with Crippen LogP contribution in [0, 0.1) is 5.82 Å². The van der Waals surface area contributed by atoms with E-state index in [1.54, 1.807) is 12.1 Å². The molecule has 3 rings (SSSR count). The van der Waals surface area contributed by atoms with Gasteiger partial charge in [-0.05, 0) is 50.5 Å². The van der Waals surface area contributed by atoms with Gasteiger partial charge >= 0.3 is 0 Å². The fourth-order valence-corrected chi connectivity index (χ4v) is 3.67. The number of nitrogens with one attached hydrogen (secondary N) is 1. The highest BCUT2D eigenvalue weighted by Gasteiger charge is 2.22. The van der Waals surface area contributed by atoms with Crippen LogP contribution in [0.3, 0.4) is 0 Å². The number of amides is 1. The molecule has 0 spiro atoms. The van der Waals surface area contributed by atoms with Gasteiger partial charge in [0.05, 0.1) is 18.4 Å². The highest BCUT2D eigenvalue weighted by molar-refractivity contribution is 7.99. The number of hydrogen-bond acceptors (Lipinski definition) is 5. The number of ether oxygens (including phenoxy) is 1. The smallest absolute Gasteiger partial charge is 0.230 e. The van der Waals surface area contributed by atoms with Crippen LogP contribution in [0.25, 0.3) is 11.4 Å². The van der Waals surface area contributed by atoms with Gasteiger partial charge in [-0.2, -0.15) is 0 Å².